The number of hydrogen-bond acceptors (Lipinski definition) is 5. The Kier molecular flexibility index (Phi) is 5.75. The third-order valence-electron chi connectivity index (χ3n) is 4.19. The number of aromatic nitrogens is 2. The number of hydrogen-bond donors (Lipinski definition) is 1. The van der Waals surface area contributed by atoms with E-state index in [-0.39, 0.29) is 24.6 Å². The summed E-state index contributed by atoms with van der Waals surface area (Å²) in [4.78, 5) is 38.0. The van der Waals surface area contributed by atoms with Crippen molar-refractivity contribution in [2.75, 3.05) is 13.7 Å². The van der Waals surface area contributed by atoms with Gasteiger partial charge in [0.05, 0.1) is 19.2 Å². The number of carbonyl (C=O) groups is 1. The quantitative estimate of drug-likeness (QED) is 0.670. The molecule has 1 N–H and O–H groups in total. The van der Waals surface area contributed by atoms with E-state index in [2.05, 4.69) is 5.32 Å². The number of carbonyl (C=O) groups excluding carboxylic acids is 1. The highest BCUT2D eigenvalue weighted by molar-refractivity contribution is 7.17. The van der Waals surface area contributed by atoms with Gasteiger partial charge in [0.25, 0.3) is 5.56 Å². The van der Waals surface area contributed by atoms with Gasteiger partial charge in [-0.1, -0.05) is 19.1 Å². The maximum absolute atomic E-state index is 13.0. The van der Waals surface area contributed by atoms with Crippen LogP contribution in [-0.2, 0) is 17.9 Å². The minimum atomic E-state index is -0.500. The second-order valence-corrected chi connectivity index (χ2v) is 7.01. The number of ether oxygens (including phenoxy) is 1. The minimum absolute atomic E-state index is 0.110. The fraction of sp³-hybridized carbons (Fsp3) is 0.316. The predicted octanol–water partition coefficient (Wildman–Crippen LogP) is 1.81. The van der Waals surface area contributed by atoms with E-state index < -0.39 is 5.69 Å². The Hall–Kier alpha value is -2.87. The highest BCUT2D eigenvalue weighted by atomic mass is 32.1. The summed E-state index contributed by atoms with van der Waals surface area (Å²) in [6, 6.07) is 8.91. The van der Waals surface area contributed by atoms with Crippen molar-refractivity contribution in [1.82, 2.24) is 14.5 Å². The van der Waals surface area contributed by atoms with Gasteiger partial charge in [-0.3, -0.25) is 18.7 Å². The van der Waals surface area contributed by atoms with Gasteiger partial charge in [-0.05, 0) is 35.6 Å². The van der Waals surface area contributed by atoms with Crippen molar-refractivity contribution in [3.05, 3.63) is 62.1 Å². The van der Waals surface area contributed by atoms with E-state index in [4.69, 9.17) is 4.74 Å². The van der Waals surface area contributed by atoms with Crippen LogP contribution in [0.2, 0.25) is 0 Å². The molecule has 142 valence electrons. The summed E-state index contributed by atoms with van der Waals surface area (Å²) in [7, 11) is 1.56. The van der Waals surface area contributed by atoms with E-state index in [1.54, 1.807) is 36.8 Å². The first kappa shape index (κ1) is 18.9. The molecule has 3 rings (SSSR count). The normalized spacial score (nSPS) is 10.9. The second-order valence-electron chi connectivity index (χ2n) is 6.10. The number of methoxy groups -OCH3 is 1. The number of benzene rings is 1. The number of fused-ring (bicyclic) bond motifs is 1. The molecular formula is C19H21N3O4S. The summed E-state index contributed by atoms with van der Waals surface area (Å²) in [5.74, 6) is 0.398. The molecule has 3 aromatic rings. The molecule has 0 saturated carbocycles. The molecule has 0 atom stereocenters. The second kappa shape index (κ2) is 8.22. The third-order valence-corrected chi connectivity index (χ3v) is 5.08. The molecule has 0 bridgehead atoms. The maximum atomic E-state index is 13.0. The monoisotopic (exact) mass is 387 g/mol. The van der Waals surface area contributed by atoms with E-state index >= 15 is 0 Å². The van der Waals surface area contributed by atoms with Gasteiger partial charge in [-0.2, -0.15) is 0 Å². The number of thiophene rings is 1. The van der Waals surface area contributed by atoms with Crippen molar-refractivity contribution in [1.29, 1.82) is 0 Å². The topological polar surface area (TPSA) is 82.3 Å². The van der Waals surface area contributed by atoms with Crippen molar-refractivity contribution in [3.63, 3.8) is 0 Å². The molecule has 1 amide bonds. The van der Waals surface area contributed by atoms with Crippen LogP contribution >= 0.6 is 11.3 Å². The first-order chi connectivity index (χ1) is 13.0. The zero-order chi connectivity index (χ0) is 19.4. The molecule has 0 aliphatic carbocycles. The number of rotatable bonds is 7. The molecule has 0 aliphatic rings. The van der Waals surface area contributed by atoms with E-state index in [1.165, 1.54) is 20.5 Å². The number of nitrogens with one attached hydrogen (secondary N) is 1. The fourth-order valence-corrected chi connectivity index (χ4v) is 3.69. The van der Waals surface area contributed by atoms with Crippen LogP contribution < -0.4 is 21.3 Å². The van der Waals surface area contributed by atoms with Crippen LogP contribution in [0.3, 0.4) is 0 Å². The highest BCUT2D eigenvalue weighted by Gasteiger charge is 2.16. The molecule has 0 unspecified atom stereocenters. The molecular weight excluding hydrogens is 366 g/mol. The van der Waals surface area contributed by atoms with Crippen molar-refractivity contribution in [2.45, 2.75) is 26.4 Å². The number of amides is 1. The van der Waals surface area contributed by atoms with Crippen LogP contribution in [0.4, 0.5) is 0 Å². The standard InChI is InChI=1S/C19H21N3O4S/c1-3-8-20-16(23)12-21-15-7-9-27-17(15)18(24)22(19(21)25)11-13-5-4-6-14(10-13)26-2/h4-7,9-10H,3,8,11-12H2,1-2H3,(H,20,23). The predicted molar refractivity (Wildman–Crippen MR) is 106 cm³/mol. The summed E-state index contributed by atoms with van der Waals surface area (Å²) in [5, 5.41) is 4.52. The van der Waals surface area contributed by atoms with Crippen molar-refractivity contribution in [2.24, 2.45) is 0 Å². The molecule has 0 fully saturated rings. The highest BCUT2D eigenvalue weighted by Crippen LogP contribution is 2.16. The van der Waals surface area contributed by atoms with E-state index in [0.29, 0.717) is 22.5 Å². The Morgan fingerprint density at radius 2 is 2.04 bits per heavy atom. The lowest BCUT2D eigenvalue weighted by Gasteiger charge is -2.12. The molecule has 0 spiro atoms. The van der Waals surface area contributed by atoms with Crippen LogP contribution in [0.5, 0.6) is 5.75 Å². The SMILES string of the molecule is CCCNC(=O)Cn1c(=O)n(Cc2cccc(OC)c2)c(=O)c2sccc21. The Balaban J connectivity index is 2.06. The first-order valence-corrected chi connectivity index (χ1v) is 9.53. The molecule has 7 nitrogen and oxygen atoms in total. The van der Waals surface area contributed by atoms with Crippen molar-refractivity contribution in [3.8, 4) is 5.75 Å². The summed E-state index contributed by atoms with van der Waals surface area (Å²) < 4.78 is 8.19. The summed E-state index contributed by atoms with van der Waals surface area (Å²) in [5.41, 5.74) is 0.411. The Morgan fingerprint density at radius 3 is 2.78 bits per heavy atom. The van der Waals surface area contributed by atoms with Gasteiger partial charge >= 0.3 is 5.69 Å². The number of nitrogens with zero attached hydrogens (tertiary/aromatic N) is 2. The fourth-order valence-electron chi connectivity index (χ4n) is 2.84. The van der Waals surface area contributed by atoms with Gasteiger partial charge in [0.2, 0.25) is 5.91 Å². The zero-order valence-electron chi connectivity index (χ0n) is 15.2. The molecule has 2 heterocycles. The molecule has 27 heavy (non-hydrogen) atoms. The lowest BCUT2D eigenvalue weighted by Crippen LogP contribution is -2.42. The average molecular weight is 387 g/mol. The Labute approximate surface area is 159 Å². The zero-order valence-corrected chi connectivity index (χ0v) is 16.0. The average Bonchev–Trinajstić information content (AvgIpc) is 3.17. The maximum Gasteiger partial charge on any atom is 0.332 e. The summed E-state index contributed by atoms with van der Waals surface area (Å²) in [6.45, 7) is 2.49. The Bertz CT molecular complexity index is 1080. The van der Waals surface area contributed by atoms with E-state index in [0.717, 1.165) is 12.0 Å². The lowest BCUT2D eigenvalue weighted by atomic mass is 10.2. The van der Waals surface area contributed by atoms with E-state index in [1.807, 2.05) is 13.0 Å². The first-order valence-electron chi connectivity index (χ1n) is 8.65. The molecule has 8 heteroatoms. The molecule has 0 saturated heterocycles. The third kappa shape index (κ3) is 3.95. The van der Waals surface area contributed by atoms with Crippen molar-refractivity contribution >= 4 is 27.5 Å². The summed E-state index contributed by atoms with van der Waals surface area (Å²) >= 11 is 1.26. The van der Waals surface area contributed by atoms with E-state index in [9.17, 15) is 14.4 Å². The van der Waals surface area contributed by atoms with Gasteiger partial charge in [-0.15, -0.1) is 11.3 Å². The van der Waals surface area contributed by atoms with Crippen LogP contribution in [0.15, 0.2) is 45.3 Å². The van der Waals surface area contributed by atoms with Crippen molar-refractivity contribution < 1.29 is 9.53 Å². The molecule has 0 radical (unpaired) electrons. The van der Waals surface area contributed by atoms with Crippen LogP contribution in [0, 0.1) is 0 Å². The lowest BCUT2D eigenvalue weighted by molar-refractivity contribution is -0.121. The van der Waals surface area contributed by atoms with Crippen LogP contribution in [-0.4, -0.2) is 28.7 Å². The van der Waals surface area contributed by atoms with Gasteiger partial charge in [0.1, 0.15) is 17.0 Å². The summed E-state index contributed by atoms with van der Waals surface area (Å²) in [6.07, 6.45) is 0.809. The minimum Gasteiger partial charge on any atom is -0.497 e. The molecule has 2 aromatic heterocycles. The van der Waals surface area contributed by atoms with Crippen LogP contribution in [0.1, 0.15) is 18.9 Å². The van der Waals surface area contributed by atoms with Crippen LogP contribution in [0.25, 0.3) is 10.2 Å². The smallest absolute Gasteiger partial charge is 0.332 e. The largest absolute Gasteiger partial charge is 0.497 e. The molecule has 1 aromatic carbocycles. The Morgan fingerprint density at radius 1 is 1.22 bits per heavy atom. The van der Waals surface area contributed by atoms with Gasteiger partial charge in [0, 0.05) is 6.54 Å². The molecule has 0 aliphatic heterocycles. The van der Waals surface area contributed by atoms with Gasteiger partial charge in [-0.25, -0.2) is 4.79 Å². The van der Waals surface area contributed by atoms with Gasteiger partial charge in [0.15, 0.2) is 0 Å². The van der Waals surface area contributed by atoms with Gasteiger partial charge < -0.3 is 10.1 Å².